The zero-order valence-electron chi connectivity index (χ0n) is 13.6. The van der Waals surface area contributed by atoms with E-state index in [2.05, 4.69) is 20.9 Å². The molecule has 0 saturated carbocycles. The second-order valence-corrected chi connectivity index (χ2v) is 6.11. The van der Waals surface area contributed by atoms with Crippen LogP contribution in [-0.4, -0.2) is 71.9 Å². The lowest BCUT2D eigenvalue weighted by Gasteiger charge is -2.32. The minimum Gasteiger partial charge on any atom is -0.387 e. The summed E-state index contributed by atoms with van der Waals surface area (Å²) in [6, 6.07) is 2.09. The Kier molecular flexibility index (Phi) is 5.07. The Morgan fingerprint density at radius 1 is 1.26 bits per heavy atom. The standard InChI is InChI=1S/C16H24N4O3/c1-12-17-14(10-15(18-12)19-6-8-23-9-7-19)13-2-4-20(5-3-13)16(22)11-21/h10,13,21H,2-9,11H2,1H3. The second kappa shape index (κ2) is 7.23. The molecule has 3 rings (SSSR count). The van der Waals surface area contributed by atoms with Gasteiger partial charge in [-0.25, -0.2) is 9.97 Å². The van der Waals surface area contributed by atoms with Crippen molar-refractivity contribution in [3.05, 3.63) is 17.6 Å². The Morgan fingerprint density at radius 2 is 1.96 bits per heavy atom. The van der Waals surface area contributed by atoms with Gasteiger partial charge in [-0.1, -0.05) is 0 Å². The van der Waals surface area contributed by atoms with Gasteiger partial charge < -0.3 is 19.6 Å². The van der Waals surface area contributed by atoms with E-state index in [1.807, 2.05) is 6.92 Å². The van der Waals surface area contributed by atoms with E-state index in [9.17, 15) is 4.79 Å². The highest BCUT2D eigenvalue weighted by Gasteiger charge is 2.25. The summed E-state index contributed by atoms with van der Waals surface area (Å²) < 4.78 is 5.40. The number of anilines is 1. The molecule has 0 atom stereocenters. The van der Waals surface area contributed by atoms with Gasteiger partial charge >= 0.3 is 0 Å². The first kappa shape index (κ1) is 16.1. The number of carbonyl (C=O) groups is 1. The van der Waals surface area contributed by atoms with Crippen LogP contribution in [0.3, 0.4) is 0 Å². The highest BCUT2D eigenvalue weighted by atomic mass is 16.5. The summed E-state index contributed by atoms with van der Waals surface area (Å²) in [5.41, 5.74) is 1.06. The van der Waals surface area contributed by atoms with E-state index in [0.717, 1.165) is 56.5 Å². The molecule has 3 heterocycles. The molecule has 126 valence electrons. The van der Waals surface area contributed by atoms with Crippen LogP contribution < -0.4 is 4.90 Å². The van der Waals surface area contributed by atoms with Gasteiger partial charge in [0.15, 0.2) is 0 Å². The molecule has 0 aromatic carbocycles. The first-order valence-electron chi connectivity index (χ1n) is 8.24. The number of aliphatic hydroxyl groups excluding tert-OH is 1. The van der Waals surface area contributed by atoms with Gasteiger partial charge in [-0.3, -0.25) is 4.79 Å². The minimum atomic E-state index is -0.404. The Bertz CT molecular complexity index is 552. The lowest BCUT2D eigenvalue weighted by molar-refractivity contribution is -0.135. The van der Waals surface area contributed by atoms with E-state index in [-0.39, 0.29) is 5.91 Å². The number of aromatic nitrogens is 2. The summed E-state index contributed by atoms with van der Waals surface area (Å²) in [5, 5.41) is 8.96. The second-order valence-electron chi connectivity index (χ2n) is 6.11. The van der Waals surface area contributed by atoms with Gasteiger partial charge in [0.05, 0.1) is 13.2 Å². The van der Waals surface area contributed by atoms with Gasteiger partial charge in [0, 0.05) is 43.9 Å². The number of morpholine rings is 1. The van der Waals surface area contributed by atoms with Gasteiger partial charge in [-0.2, -0.15) is 0 Å². The molecule has 0 spiro atoms. The maximum atomic E-state index is 11.6. The van der Waals surface area contributed by atoms with Crippen molar-refractivity contribution in [1.29, 1.82) is 0 Å². The third-order valence-electron chi connectivity index (χ3n) is 4.58. The van der Waals surface area contributed by atoms with Crippen LogP contribution in [0.25, 0.3) is 0 Å². The zero-order chi connectivity index (χ0) is 16.2. The number of likely N-dealkylation sites (tertiary alicyclic amines) is 1. The maximum absolute atomic E-state index is 11.6. The van der Waals surface area contributed by atoms with Gasteiger partial charge in [-0.15, -0.1) is 0 Å². The van der Waals surface area contributed by atoms with E-state index < -0.39 is 6.61 Å². The van der Waals surface area contributed by atoms with Crippen LogP contribution in [-0.2, 0) is 9.53 Å². The first-order valence-corrected chi connectivity index (χ1v) is 8.24. The molecule has 2 aliphatic rings. The number of rotatable bonds is 3. The van der Waals surface area contributed by atoms with Crippen molar-refractivity contribution in [2.75, 3.05) is 50.9 Å². The summed E-state index contributed by atoms with van der Waals surface area (Å²) in [6.45, 7) is 6.08. The van der Waals surface area contributed by atoms with Crippen molar-refractivity contribution in [2.24, 2.45) is 0 Å². The lowest BCUT2D eigenvalue weighted by Crippen LogP contribution is -2.39. The Balaban J connectivity index is 1.70. The number of nitrogens with zero attached hydrogens (tertiary/aromatic N) is 4. The minimum absolute atomic E-state index is 0.184. The molecule has 0 unspecified atom stereocenters. The van der Waals surface area contributed by atoms with Crippen LogP contribution in [0.5, 0.6) is 0 Å². The molecule has 2 saturated heterocycles. The van der Waals surface area contributed by atoms with Crippen LogP contribution in [0.4, 0.5) is 5.82 Å². The number of aryl methyl sites for hydroxylation is 1. The first-order chi connectivity index (χ1) is 11.2. The predicted octanol–water partition coefficient (Wildman–Crippen LogP) is 0.320. The van der Waals surface area contributed by atoms with Gasteiger partial charge in [-0.05, 0) is 19.8 Å². The van der Waals surface area contributed by atoms with E-state index in [0.29, 0.717) is 19.0 Å². The molecule has 1 amide bonds. The molecule has 1 aromatic rings. The molecule has 23 heavy (non-hydrogen) atoms. The smallest absolute Gasteiger partial charge is 0.248 e. The normalized spacial score (nSPS) is 19.9. The Hall–Kier alpha value is -1.73. The molecular formula is C16H24N4O3. The Morgan fingerprint density at radius 3 is 2.61 bits per heavy atom. The number of carbonyl (C=O) groups excluding carboxylic acids is 1. The molecule has 0 aliphatic carbocycles. The highest BCUT2D eigenvalue weighted by molar-refractivity contribution is 5.77. The molecule has 1 aromatic heterocycles. The van der Waals surface area contributed by atoms with Gasteiger partial charge in [0.2, 0.25) is 5.91 Å². The van der Waals surface area contributed by atoms with Gasteiger partial charge in [0.25, 0.3) is 0 Å². The SMILES string of the molecule is Cc1nc(C2CCN(C(=O)CO)CC2)cc(N2CCOCC2)n1. The van der Waals surface area contributed by atoms with Gasteiger partial charge in [0.1, 0.15) is 18.2 Å². The van der Waals surface area contributed by atoms with Crippen LogP contribution in [0, 0.1) is 6.92 Å². The topological polar surface area (TPSA) is 78.8 Å². The molecule has 2 fully saturated rings. The molecule has 1 N–H and O–H groups in total. The number of ether oxygens (including phenoxy) is 1. The number of piperidine rings is 1. The van der Waals surface area contributed by atoms with Crippen molar-refractivity contribution in [1.82, 2.24) is 14.9 Å². The fourth-order valence-corrected chi connectivity index (χ4v) is 3.26. The highest BCUT2D eigenvalue weighted by Crippen LogP contribution is 2.29. The van der Waals surface area contributed by atoms with Crippen LogP contribution in [0.15, 0.2) is 6.07 Å². The fraction of sp³-hybridized carbons (Fsp3) is 0.688. The van der Waals surface area contributed by atoms with E-state index >= 15 is 0 Å². The summed E-state index contributed by atoms with van der Waals surface area (Å²) >= 11 is 0. The van der Waals surface area contributed by atoms with Crippen molar-refractivity contribution in [3.63, 3.8) is 0 Å². The van der Waals surface area contributed by atoms with Crippen molar-refractivity contribution in [2.45, 2.75) is 25.7 Å². The maximum Gasteiger partial charge on any atom is 0.248 e. The third-order valence-corrected chi connectivity index (χ3v) is 4.58. The van der Waals surface area contributed by atoms with Crippen molar-refractivity contribution >= 4 is 11.7 Å². The Labute approximate surface area is 136 Å². The van der Waals surface area contributed by atoms with E-state index in [4.69, 9.17) is 9.84 Å². The number of hydrogen-bond acceptors (Lipinski definition) is 6. The molecule has 2 aliphatic heterocycles. The summed E-state index contributed by atoms with van der Waals surface area (Å²) in [5.74, 6) is 1.93. The van der Waals surface area contributed by atoms with Crippen LogP contribution >= 0.6 is 0 Å². The van der Waals surface area contributed by atoms with Crippen molar-refractivity contribution < 1.29 is 14.6 Å². The molecule has 0 radical (unpaired) electrons. The molecular weight excluding hydrogens is 296 g/mol. The molecule has 0 bridgehead atoms. The third kappa shape index (κ3) is 3.79. The average molecular weight is 320 g/mol. The fourth-order valence-electron chi connectivity index (χ4n) is 3.26. The summed E-state index contributed by atoms with van der Waals surface area (Å²) in [6.07, 6.45) is 1.76. The van der Waals surface area contributed by atoms with Crippen LogP contribution in [0.2, 0.25) is 0 Å². The largest absolute Gasteiger partial charge is 0.387 e. The average Bonchev–Trinajstić information content (AvgIpc) is 2.61. The van der Waals surface area contributed by atoms with E-state index in [1.54, 1.807) is 4.90 Å². The molecule has 7 heteroatoms. The monoisotopic (exact) mass is 320 g/mol. The quantitative estimate of drug-likeness (QED) is 0.864. The van der Waals surface area contributed by atoms with Crippen molar-refractivity contribution in [3.8, 4) is 0 Å². The van der Waals surface area contributed by atoms with E-state index in [1.165, 1.54) is 0 Å². The summed E-state index contributed by atoms with van der Waals surface area (Å²) in [4.78, 5) is 24.7. The summed E-state index contributed by atoms with van der Waals surface area (Å²) in [7, 11) is 0. The predicted molar refractivity (Wildman–Crippen MR) is 85.4 cm³/mol. The number of amides is 1. The molecule has 7 nitrogen and oxygen atoms in total. The number of aliphatic hydroxyl groups is 1. The lowest BCUT2D eigenvalue weighted by atomic mass is 9.93. The van der Waals surface area contributed by atoms with Crippen LogP contribution in [0.1, 0.15) is 30.3 Å². The zero-order valence-corrected chi connectivity index (χ0v) is 13.6. The number of hydrogen-bond donors (Lipinski definition) is 1.